The van der Waals surface area contributed by atoms with Crippen molar-refractivity contribution in [3.8, 4) is 6.07 Å². The first-order chi connectivity index (χ1) is 9.29. The molecule has 1 aliphatic rings. The van der Waals surface area contributed by atoms with Crippen molar-refractivity contribution in [1.29, 1.82) is 5.26 Å². The lowest BCUT2D eigenvalue weighted by molar-refractivity contribution is 0.654. The largest absolute Gasteiger partial charge is 0.351 e. The number of fused-ring (bicyclic) bond motifs is 1. The Morgan fingerprint density at radius 3 is 2.84 bits per heavy atom. The van der Waals surface area contributed by atoms with Gasteiger partial charge >= 0.3 is 0 Å². The third-order valence-corrected chi connectivity index (χ3v) is 3.68. The highest BCUT2D eigenvalue weighted by Gasteiger charge is 2.26. The van der Waals surface area contributed by atoms with Crippen molar-refractivity contribution < 1.29 is 0 Å². The summed E-state index contributed by atoms with van der Waals surface area (Å²) in [5, 5.41) is 8.74. The van der Waals surface area contributed by atoms with E-state index in [0.29, 0.717) is 11.7 Å². The van der Waals surface area contributed by atoms with Crippen molar-refractivity contribution in [2.75, 3.05) is 11.9 Å². The van der Waals surface area contributed by atoms with E-state index in [0.717, 1.165) is 18.7 Å². The van der Waals surface area contributed by atoms with E-state index < -0.39 is 0 Å². The van der Waals surface area contributed by atoms with Crippen LogP contribution >= 0.6 is 0 Å². The summed E-state index contributed by atoms with van der Waals surface area (Å²) in [5.74, 6) is 0.806. The van der Waals surface area contributed by atoms with Crippen molar-refractivity contribution in [2.24, 2.45) is 0 Å². The fourth-order valence-electron chi connectivity index (χ4n) is 2.66. The third-order valence-electron chi connectivity index (χ3n) is 3.68. The van der Waals surface area contributed by atoms with Gasteiger partial charge in [0, 0.05) is 7.05 Å². The molecule has 1 aromatic heterocycles. The Kier molecular flexibility index (Phi) is 2.88. The summed E-state index contributed by atoms with van der Waals surface area (Å²) in [7, 11) is 2.03. The number of anilines is 1. The molecule has 94 valence electrons. The average Bonchev–Trinajstić information content (AvgIpc) is 2.90. The molecule has 2 aromatic rings. The molecule has 0 bridgehead atoms. The lowest BCUT2D eigenvalue weighted by Gasteiger charge is -2.26. The third kappa shape index (κ3) is 2.04. The molecule has 19 heavy (non-hydrogen) atoms. The van der Waals surface area contributed by atoms with Crippen LogP contribution in [0.4, 0.5) is 5.82 Å². The number of aryl methyl sites for hydroxylation is 1. The molecule has 1 aliphatic carbocycles. The van der Waals surface area contributed by atoms with Crippen LogP contribution in [0.3, 0.4) is 0 Å². The van der Waals surface area contributed by atoms with Crippen molar-refractivity contribution >= 4 is 5.82 Å². The number of aromatic nitrogens is 2. The SMILES string of the molecule is CN(c1cnc(C#N)cn1)C1CCc2ccccc21. The summed E-state index contributed by atoms with van der Waals surface area (Å²) in [4.78, 5) is 10.5. The van der Waals surface area contributed by atoms with Gasteiger partial charge in [-0.1, -0.05) is 24.3 Å². The molecule has 1 atom stereocenters. The molecule has 0 spiro atoms. The van der Waals surface area contributed by atoms with Gasteiger partial charge in [0.15, 0.2) is 5.69 Å². The summed E-state index contributed by atoms with van der Waals surface area (Å²) < 4.78 is 0. The van der Waals surface area contributed by atoms with Crippen molar-refractivity contribution in [2.45, 2.75) is 18.9 Å². The number of nitrogens with zero attached hydrogens (tertiary/aromatic N) is 4. The second-order valence-electron chi connectivity index (χ2n) is 4.74. The van der Waals surface area contributed by atoms with E-state index >= 15 is 0 Å². The van der Waals surface area contributed by atoms with E-state index in [9.17, 15) is 0 Å². The Morgan fingerprint density at radius 1 is 1.26 bits per heavy atom. The number of nitriles is 1. The lowest BCUT2D eigenvalue weighted by atomic mass is 10.1. The lowest BCUT2D eigenvalue weighted by Crippen LogP contribution is -2.23. The van der Waals surface area contributed by atoms with Crippen LogP contribution < -0.4 is 4.90 Å². The Hall–Kier alpha value is -2.41. The highest BCUT2D eigenvalue weighted by molar-refractivity contribution is 5.45. The van der Waals surface area contributed by atoms with Crippen LogP contribution in [-0.4, -0.2) is 17.0 Å². The van der Waals surface area contributed by atoms with Crippen LogP contribution in [0.2, 0.25) is 0 Å². The van der Waals surface area contributed by atoms with Crippen molar-refractivity contribution in [3.05, 3.63) is 53.5 Å². The molecule has 0 amide bonds. The molecule has 1 aromatic carbocycles. The summed E-state index contributed by atoms with van der Waals surface area (Å²) in [6.45, 7) is 0. The maximum absolute atomic E-state index is 8.74. The van der Waals surface area contributed by atoms with E-state index in [4.69, 9.17) is 5.26 Å². The Bertz CT molecular complexity index is 627. The van der Waals surface area contributed by atoms with Gasteiger partial charge in [-0.2, -0.15) is 5.26 Å². The maximum atomic E-state index is 8.74. The van der Waals surface area contributed by atoms with Crippen LogP contribution in [0.1, 0.15) is 29.3 Å². The Morgan fingerprint density at radius 2 is 2.11 bits per heavy atom. The highest BCUT2D eigenvalue weighted by atomic mass is 15.2. The van der Waals surface area contributed by atoms with Gasteiger partial charge in [0.2, 0.25) is 0 Å². The normalized spacial score (nSPS) is 16.7. The van der Waals surface area contributed by atoms with Gasteiger partial charge < -0.3 is 4.90 Å². The molecule has 0 N–H and O–H groups in total. The smallest absolute Gasteiger partial charge is 0.158 e. The molecule has 0 aliphatic heterocycles. The second-order valence-corrected chi connectivity index (χ2v) is 4.74. The molecule has 0 fully saturated rings. The van der Waals surface area contributed by atoms with Gasteiger partial charge in [-0.15, -0.1) is 0 Å². The maximum Gasteiger partial charge on any atom is 0.158 e. The van der Waals surface area contributed by atoms with Crippen LogP contribution in [-0.2, 0) is 6.42 Å². The molecule has 1 heterocycles. The van der Waals surface area contributed by atoms with Crippen molar-refractivity contribution in [1.82, 2.24) is 9.97 Å². The van der Waals surface area contributed by atoms with Gasteiger partial charge in [0.05, 0.1) is 18.4 Å². The molecule has 3 rings (SSSR count). The highest BCUT2D eigenvalue weighted by Crippen LogP contribution is 2.36. The molecule has 1 unspecified atom stereocenters. The number of rotatable bonds is 2. The fraction of sp³-hybridized carbons (Fsp3) is 0.267. The molecule has 0 saturated heterocycles. The minimum Gasteiger partial charge on any atom is -0.351 e. The van der Waals surface area contributed by atoms with Crippen LogP contribution in [0, 0.1) is 11.3 Å². The van der Waals surface area contributed by atoms with Crippen molar-refractivity contribution in [3.63, 3.8) is 0 Å². The molecule has 0 saturated carbocycles. The first-order valence-electron chi connectivity index (χ1n) is 6.32. The van der Waals surface area contributed by atoms with E-state index in [1.165, 1.54) is 17.3 Å². The predicted molar refractivity (Wildman–Crippen MR) is 72.7 cm³/mol. The van der Waals surface area contributed by atoms with Gasteiger partial charge in [0.1, 0.15) is 11.9 Å². The monoisotopic (exact) mass is 250 g/mol. The van der Waals surface area contributed by atoms with E-state index in [-0.39, 0.29) is 0 Å². The predicted octanol–water partition coefficient (Wildman–Crippen LogP) is 2.47. The second kappa shape index (κ2) is 4.69. The van der Waals surface area contributed by atoms with Crippen LogP contribution in [0.5, 0.6) is 0 Å². The zero-order valence-electron chi connectivity index (χ0n) is 10.7. The Labute approximate surface area is 112 Å². The summed E-state index contributed by atoms with van der Waals surface area (Å²) in [6.07, 6.45) is 5.39. The molecule has 4 nitrogen and oxygen atoms in total. The summed E-state index contributed by atoms with van der Waals surface area (Å²) in [6, 6.07) is 10.9. The minimum atomic E-state index is 0.346. The number of benzene rings is 1. The molecular weight excluding hydrogens is 236 g/mol. The molecule has 4 heteroatoms. The van der Waals surface area contributed by atoms with Gasteiger partial charge in [-0.3, -0.25) is 0 Å². The molecular formula is C15H14N4. The summed E-state index contributed by atoms with van der Waals surface area (Å²) >= 11 is 0. The number of hydrogen-bond acceptors (Lipinski definition) is 4. The van der Waals surface area contributed by atoms with Gasteiger partial charge in [-0.05, 0) is 24.0 Å². The fourth-order valence-corrected chi connectivity index (χ4v) is 2.66. The quantitative estimate of drug-likeness (QED) is 0.821. The number of hydrogen-bond donors (Lipinski definition) is 0. The van der Waals surface area contributed by atoms with E-state index in [1.54, 1.807) is 6.20 Å². The molecule has 0 radical (unpaired) electrons. The van der Waals surface area contributed by atoms with Gasteiger partial charge in [0.25, 0.3) is 0 Å². The zero-order valence-corrected chi connectivity index (χ0v) is 10.7. The van der Waals surface area contributed by atoms with E-state index in [1.807, 2.05) is 13.1 Å². The zero-order chi connectivity index (χ0) is 13.2. The van der Waals surface area contributed by atoms with Crippen LogP contribution in [0.25, 0.3) is 0 Å². The van der Waals surface area contributed by atoms with Crippen LogP contribution in [0.15, 0.2) is 36.7 Å². The van der Waals surface area contributed by atoms with E-state index in [2.05, 4.69) is 39.1 Å². The topological polar surface area (TPSA) is 52.8 Å². The Balaban J connectivity index is 1.89. The summed E-state index contributed by atoms with van der Waals surface area (Å²) in [5.41, 5.74) is 3.14. The first-order valence-corrected chi connectivity index (χ1v) is 6.32. The standard InChI is InChI=1S/C15H14N4/c1-19(15-10-17-12(8-16)9-18-15)14-7-6-11-4-2-3-5-13(11)14/h2-5,9-10,14H,6-7H2,1H3. The minimum absolute atomic E-state index is 0.346. The van der Waals surface area contributed by atoms with Gasteiger partial charge in [-0.25, -0.2) is 9.97 Å². The first kappa shape index (κ1) is 11.7. The average molecular weight is 250 g/mol.